The van der Waals surface area contributed by atoms with Crippen LogP contribution in [-0.2, 0) is 0 Å². The SMILES string of the molecule is OC(CNc1cccc2cc(Br)cnc12)c1cccs1. The molecular weight excluding hydrogens is 336 g/mol. The number of anilines is 1. The highest BCUT2D eigenvalue weighted by Crippen LogP contribution is 2.25. The van der Waals surface area contributed by atoms with E-state index >= 15 is 0 Å². The molecule has 1 aromatic carbocycles. The zero-order valence-corrected chi connectivity index (χ0v) is 13.0. The molecule has 2 N–H and O–H groups in total. The van der Waals surface area contributed by atoms with Gasteiger partial charge in [0.05, 0.1) is 11.2 Å². The summed E-state index contributed by atoms with van der Waals surface area (Å²) in [5.74, 6) is 0. The van der Waals surface area contributed by atoms with Gasteiger partial charge in [-0.2, -0.15) is 0 Å². The number of aliphatic hydroxyl groups excluding tert-OH is 1. The molecule has 2 heterocycles. The van der Waals surface area contributed by atoms with Gasteiger partial charge < -0.3 is 10.4 Å². The zero-order valence-electron chi connectivity index (χ0n) is 10.6. The van der Waals surface area contributed by atoms with Gasteiger partial charge in [0, 0.05) is 27.5 Å². The summed E-state index contributed by atoms with van der Waals surface area (Å²) in [6.07, 6.45) is 1.28. The fraction of sp³-hybridized carbons (Fsp3) is 0.133. The van der Waals surface area contributed by atoms with Crippen molar-refractivity contribution in [2.45, 2.75) is 6.10 Å². The molecule has 5 heteroatoms. The maximum atomic E-state index is 10.1. The van der Waals surface area contributed by atoms with Crippen molar-refractivity contribution in [3.05, 3.63) is 57.3 Å². The predicted molar refractivity (Wildman–Crippen MR) is 87.2 cm³/mol. The van der Waals surface area contributed by atoms with Crippen molar-refractivity contribution in [2.75, 3.05) is 11.9 Å². The lowest BCUT2D eigenvalue weighted by Crippen LogP contribution is -2.11. The number of para-hydroxylation sites is 1. The number of thiophene rings is 1. The molecule has 0 amide bonds. The number of fused-ring (bicyclic) bond motifs is 1. The van der Waals surface area contributed by atoms with Crippen LogP contribution in [0.15, 0.2) is 52.4 Å². The summed E-state index contributed by atoms with van der Waals surface area (Å²) >= 11 is 4.98. The van der Waals surface area contributed by atoms with Crippen molar-refractivity contribution in [1.82, 2.24) is 4.98 Å². The first-order chi connectivity index (χ1) is 9.74. The van der Waals surface area contributed by atoms with E-state index in [0.29, 0.717) is 6.54 Å². The van der Waals surface area contributed by atoms with E-state index in [2.05, 4.69) is 26.2 Å². The standard InChI is InChI=1S/C15H13BrN2OS/c16-11-7-10-3-1-4-12(15(10)18-8-11)17-9-13(19)14-5-2-6-20-14/h1-8,13,17,19H,9H2. The molecule has 3 aromatic rings. The number of hydrogen-bond acceptors (Lipinski definition) is 4. The Kier molecular flexibility index (Phi) is 4.00. The smallest absolute Gasteiger partial charge is 0.105 e. The zero-order chi connectivity index (χ0) is 13.9. The van der Waals surface area contributed by atoms with E-state index in [4.69, 9.17) is 0 Å². The van der Waals surface area contributed by atoms with Crippen LogP contribution in [-0.4, -0.2) is 16.6 Å². The van der Waals surface area contributed by atoms with Crippen LogP contribution >= 0.6 is 27.3 Å². The number of aliphatic hydroxyl groups is 1. The van der Waals surface area contributed by atoms with Crippen LogP contribution in [0, 0.1) is 0 Å². The second-order valence-corrected chi connectivity index (χ2v) is 6.34. The van der Waals surface area contributed by atoms with Crippen molar-refractivity contribution < 1.29 is 5.11 Å². The van der Waals surface area contributed by atoms with E-state index in [1.807, 2.05) is 41.8 Å². The highest BCUT2D eigenvalue weighted by molar-refractivity contribution is 9.10. The number of hydrogen-bond donors (Lipinski definition) is 2. The summed E-state index contributed by atoms with van der Waals surface area (Å²) in [7, 11) is 0. The second-order valence-electron chi connectivity index (χ2n) is 4.44. The second kappa shape index (κ2) is 5.91. The van der Waals surface area contributed by atoms with E-state index in [-0.39, 0.29) is 0 Å². The van der Waals surface area contributed by atoms with Gasteiger partial charge in [-0.25, -0.2) is 0 Å². The molecule has 0 aliphatic rings. The van der Waals surface area contributed by atoms with E-state index in [0.717, 1.165) is 25.9 Å². The number of aromatic nitrogens is 1. The molecule has 1 atom stereocenters. The maximum Gasteiger partial charge on any atom is 0.105 e. The average Bonchev–Trinajstić information content (AvgIpc) is 2.98. The monoisotopic (exact) mass is 348 g/mol. The van der Waals surface area contributed by atoms with Crippen LogP contribution in [0.2, 0.25) is 0 Å². The molecule has 3 nitrogen and oxygen atoms in total. The largest absolute Gasteiger partial charge is 0.386 e. The molecule has 0 aliphatic carbocycles. The summed E-state index contributed by atoms with van der Waals surface area (Å²) in [6, 6.07) is 11.9. The fourth-order valence-corrected chi connectivity index (χ4v) is 3.13. The van der Waals surface area contributed by atoms with Crippen molar-refractivity contribution in [1.29, 1.82) is 0 Å². The molecule has 3 rings (SSSR count). The Hall–Kier alpha value is -1.43. The number of halogens is 1. The highest BCUT2D eigenvalue weighted by atomic mass is 79.9. The molecule has 102 valence electrons. The molecule has 0 aliphatic heterocycles. The molecule has 0 bridgehead atoms. The molecule has 0 saturated heterocycles. The van der Waals surface area contributed by atoms with Crippen LogP contribution in [0.4, 0.5) is 5.69 Å². The van der Waals surface area contributed by atoms with Crippen LogP contribution in [0.3, 0.4) is 0 Å². The van der Waals surface area contributed by atoms with Gasteiger partial charge >= 0.3 is 0 Å². The third kappa shape index (κ3) is 2.85. The average molecular weight is 349 g/mol. The van der Waals surface area contributed by atoms with Crippen LogP contribution in [0.1, 0.15) is 11.0 Å². The molecule has 0 fully saturated rings. The van der Waals surface area contributed by atoms with Gasteiger partial charge in [0.25, 0.3) is 0 Å². The van der Waals surface area contributed by atoms with Gasteiger partial charge in [0.2, 0.25) is 0 Å². The fourth-order valence-electron chi connectivity index (χ4n) is 2.06. The third-order valence-electron chi connectivity index (χ3n) is 3.04. The number of nitrogens with zero attached hydrogens (tertiary/aromatic N) is 1. The van der Waals surface area contributed by atoms with Crippen molar-refractivity contribution >= 4 is 43.9 Å². The Labute approximate surface area is 129 Å². The number of rotatable bonds is 4. The summed E-state index contributed by atoms with van der Waals surface area (Å²) < 4.78 is 0.959. The van der Waals surface area contributed by atoms with Crippen LogP contribution in [0.25, 0.3) is 10.9 Å². The number of pyridine rings is 1. The van der Waals surface area contributed by atoms with Gasteiger partial charge in [-0.05, 0) is 39.5 Å². The minimum Gasteiger partial charge on any atom is -0.386 e. The molecule has 0 radical (unpaired) electrons. The summed E-state index contributed by atoms with van der Waals surface area (Å²) in [4.78, 5) is 5.40. The minimum atomic E-state index is -0.499. The van der Waals surface area contributed by atoms with Crippen LogP contribution < -0.4 is 5.32 Å². The quantitative estimate of drug-likeness (QED) is 0.742. The van der Waals surface area contributed by atoms with Crippen molar-refractivity contribution in [2.24, 2.45) is 0 Å². The van der Waals surface area contributed by atoms with Crippen LogP contribution in [0.5, 0.6) is 0 Å². The van der Waals surface area contributed by atoms with Gasteiger partial charge in [-0.1, -0.05) is 18.2 Å². The molecule has 2 aromatic heterocycles. The first kappa shape index (κ1) is 13.5. The Morgan fingerprint density at radius 2 is 2.20 bits per heavy atom. The van der Waals surface area contributed by atoms with Gasteiger partial charge in [-0.15, -0.1) is 11.3 Å². The van der Waals surface area contributed by atoms with Crippen molar-refractivity contribution in [3.63, 3.8) is 0 Å². The highest BCUT2D eigenvalue weighted by Gasteiger charge is 2.09. The van der Waals surface area contributed by atoms with Crippen molar-refractivity contribution in [3.8, 4) is 0 Å². The topological polar surface area (TPSA) is 45.1 Å². The van der Waals surface area contributed by atoms with E-state index in [1.54, 1.807) is 17.5 Å². The van der Waals surface area contributed by atoms with Gasteiger partial charge in [-0.3, -0.25) is 4.98 Å². The lowest BCUT2D eigenvalue weighted by Gasteiger charge is -2.13. The van der Waals surface area contributed by atoms with E-state index in [1.165, 1.54) is 0 Å². The van der Waals surface area contributed by atoms with Gasteiger partial charge in [0.15, 0.2) is 0 Å². The normalized spacial score (nSPS) is 12.5. The Morgan fingerprint density at radius 1 is 1.30 bits per heavy atom. The van der Waals surface area contributed by atoms with E-state index in [9.17, 15) is 5.11 Å². The summed E-state index contributed by atoms with van der Waals surface area (Å²) in [6.45, 7) is 0.470. The summed E-state index contributed by atoms with van der Waals surface area (Å²) in [5.41, 5.74) is 1.85. The Bertz CT molecular complexity index is 715. The lowest BCUT2D eigenvalue weighted by molar-refractivity contribution is 0.195. The van der Waals surface area contributed by atoms with Gasteiger partial charge in [0.1, 0.15) is 6.10 Å². The third-order valence-corrected chi connectivity index (χ3v) is 4.44. The molecular formula is C15H13BrN2OS. The molecule has 1 unspecified atom stereocenters. The lowest BCUT2D eigenvalue weighted by atomic mass is 10.2. The number of nitrogens with one attached hydrogen (secondary N) is 1. The Morgan fingerprint density at radius 3 is 3.00 bits per heavy atom. The minimum absolute atomic E-state index is 0.470. The first-order valence-corrected chi connectivity index (χ1v) is 7.91. The van der Waals surface area contributed by atoms with E-state index < -0.39 is 6.10 Å². The molecule has 0 saturated carbocycles. The summed E-state index contributed by atoms with van der Waals surface area (Å²) in [5, 5.41) is 16.4. The molecule has 20 heavy (non-hydrogen) atoms. The number of benzene rings is 1. The maximum absolute atomic E-state index is 10.1. The molecule has 0 spiro atoms. The Balaban J connectivity index is 1.81. The first-order valence-electron chi connectivity index (χ1n) is 6.23. The predicted octanol–water partition coefficient (Wildman–Crippen LogP) is 4.20.